The summed E-state index contributed by atoms with van der Waals surface area (Å²) in [6.07, 6.45) is 7.38. The summed E-state index contributed by atoms with van der Waals surface area (Å²) in [6, 6.07) is -0.148. The van der Waals surface area contributed by atoms with Gasteiger partial charge in [0.1, 0.15) is 5.01 Å². The van der Waals surface area contributed by atoms with Gasteiger partial charge >= 0.3 is 6.03 Å². The van der Waals surface area contributed by atoms with Crippen LogP contribution >= 0.6 is 11.3 Å². The number of hydrogen-bond acceptors (Lipinski definition) is 4. The number of urea groups is 1. The summed E-state index contributed by atoms with van der Waals surface area (Å²) in [7, 11) is 0. The van der Waals surface area contributed by atoms with Gasteiger partial charge in [-0.1, -0.05) is 40.0 Å². The molecular weight excluding hydrogens is 384 g/mol. The van der Waals surface area contributed by atoms with Crippen molar-refractivity contribution in [1.29, 1.82) is 0 Å². The number of likely N-dealkylation sites (tertiary alicyclic amines) is 1. The molecule has 1 aliphatic heterocycles. The molecule has 1 saturated carbocycles. The summed E-state index contributed by atoms with van der Waals surface area (Å²) >= 11 is 1.59. The van der Waals surface area contributed by atoms with Gasteiger partial charge in [0.05, 0.1) is 11.7 Å². The van der Waals surface area contributed by atoms with Crippen LogP contribution < -0.4 is 10.6 Å². The highest BCUT2D eigenvalue weighted by Crippen LogP contribution is 2.28. The van der Waals surface area contributed by atoms with Crippen molar-refractivity contribution in [3.63, 3.8) is 0 Å². The number of amides is 3. The molecule has 0 spiro atoms. The van der Waals surface area contributed by atoms with E-state index < -0.39 is 0 Å². The Morgan fingerprint density at radius 3 is 2.38 bits per heavy atom. The van der Waals surface area contributed by atoms with Gasteiger partial charge in [-0.25, -0.2) is 9.78 Å². The third-order valence-electron chi connectivity index (χ3n) is 6.10. The quantitative estimate of drug-likeness (QED) is 0.759. The molecule has 0 radical (unpaired) electrons. The van der Waals surface area contributed by atoms with Crippen LogP contribution in [0.15, 0.2) is 5.38 Å². The van der Waals surface area contributed by atoms with E-state index in [1.807, 2.05) is 11.8 Å². The number of nitrogens with zero attached hydrogens (tertiary/aromatic N) is 2. The van der Waals surface area contributed by atoms with Crippen LogP contribution in [0, 0.1) is 5.92 Å². The van der Waals surface area contributed by atoms with E-state index in [0.717, 1.165) is 49.5 Å². The van der Waals surface area contributed by atoms with Crippen molar-refractivity contribution >= 4 is 23.3 Å². The van der Waals surface area contributed by atoms with E-state index in [2.05, 4.69) is 41.8 Å². The van der Waals surface area contributed by atoms with Gasteiger partial charge in [0.25, 0.3) is 0 Å². The lowest BCUT2D eigenvalue weighted by molar-refractivity contribution is -0.137. The average molecular weight is 421 g/mol. The number of piperidine rings is 1. The predicted molar refractivity (Wildman–Crippen MR) is 117 cm³/mol. The summed E-state index contributed by atoms with van der Waals surface area (Å²) < 4.78 is 0. The largest absolute Gasteiger partial charge is 0.342 e. The first-order valence-electron chi connectivity index (χ1n) is 11.1. The third kappa shape index (κ3) is 5.93. The van der Waals surface area contributed by atoms with E-state index in [4.69, 9.17) is 0 Å². The molecule has 1 atom stereocenters. The molecule has 3 amide bonds. The predicted octanol–water partition coefficient (Wildman–Crippen LogP) is 4.37. The minimum atomic E-state index is -0.151. The lowest BCUT2D eigenvalue weighted by Gasteiger charge is -2.35. The van der Waals surface area contributed by atoms with Gasteiger partial charge in [0.15, 0.2) is 0 Å². The molecule has 162 valence electrons. The van der Waals surface area contributed by atoms with Crippen molar-refractivity contribution in [3.8, 4) is 0 Å². The highest BCUT2D eigenvalue weighted by Gasteiger charge is 2.29. The topological polar surface area (TPSA) is 74.3 Å². The van der Waals surface area contributed by atoms with Crippen LogP contribution in [0.5, 0.6) is 0 Å². The summed E-state index contributed by atoms with van der Waals surface area (Å²) in [6.45, 7) is 9.89. The zero-order valence-corrected chi connectivity index (χ0v) is 19.1. The molecule has 7 heteroatoms. The van der Waals surface area contributed by atoms with Crippen LogP contribution in [0.2, 0.25) is 0 Å². The highest BCUT2D eigenvalue weighted by molar-refractivity contribution is 7.09. The lowest BCUT2D eigenvalue weighted by Crippen LogP contribution is -2.50. The second-order valence-electron chi connectivity index (χ2n) is 9.59. The molecule has 2 aliphatic rings. The van der Waals surface area contributed by atoms with Crippen LogP contribution in [0.1, 0.15) is 89.4 Å². The van der Waals surface area contributed by atoms with Gasteiger partial charge < -0.3 is 15.5 Å². The smallest absolute Gasteiger partial charge is 0.315 e. The Bertz CT molecular complexity index is 698. The van der Waals surface area contributed by atoms with Gasteiger partial charge in [-0.15, -0.1) is 11.3 Å². The summed E-state index contributed by atoms with van der Waals surface area (Å²) in [5.74, 6) is 0.563. The van der Waals surface area contributed by atoms with Gasteiger partial charge in [-0.2, -0.15) is 0 Å². The van der Waals surface area contributed by atoms with E-state index in [0.29, 0.717) is 5.91 Å². The number of carbonyl (C=O) groups excluding carboxylic acids is 2. The molecule has 1 aromatic rings. The SMILES string of the molecule is CC(NC(=O)NC1CCN(C(=O)C2CCCCC2)CC1)c1nc(C(C)(C)C)cs1. The van der Waals surface area contributed by atoms with Gasteiger partial charge in [0, 0.05) is 35.8 Å². The molecule has 2 N–H and O–H groups in total. The number of thiazole rings is 1. The highest BCUT2D eigenvalue weighted by atomic mass is 32.1. The zero-order chi connectivity index (χ0) is 21.0. The molecule has 2 fully saturated rings. The van der Waals surface area contributed by atoms with Crippen molar-refractivity contribution in [2.45, 2.75) is 90.1 Å². The molecular formula is C22H36N4O2S. The zero-order valence-electron chi connectivity index (χ0n) is 18.3. The standard InChI is InChI=1S/C22H36N4O2S/c1-15(19-25-18(14-29-19)22(2,3)4)23-21(28)24-17-10-12-26(13-11-17)20(27)16-8-6-5-7-9-16/h14-17H,5-13H2,1-4H3,(H2,23,24,28). The second-order valence-corrected chi connectivity index (χ2v) is 10.5. The van der Waals surface area contributed by atoms with Crippen molar-refractivity contribution in [3.05, 3.63) is 16.1 Å². The minimum Gasteiger partial charge on any atom is -0.342 e. The fourth-order valence-corrected chi connectivity index (χ4v) is 5.22. The van der Waals surface area contributed by atoms with Gasteiger partial charge in [-0.3, -0.25) is 4.79 Å². The number of rotatable bonds is 4. The first kappa shape index (κ1) is 22.1. The van der Waals surface area contributed by atoms with Crippen molar-refractivity contribution in [1.82, 2.24) is 20.5 Å². The number of nitrogens with one attached hydrogen (secondary N) is 2. The molecule has 2 heterocycles. The van der Waals surface area contributed by atoms with E-state index in [1.165, 1.54) is 19.3 Å². The summed E-state index contributed by atoms with van der Waals surface area (Å²) in [4.78, 5) is 31.8. The maximum absolute atomic E-state index is 12.7. The van der Waals surface area contributed by atoms with Crippen molar-refractivity contribution < 1.29 is 9.59 Å². The van der Waals surface area contributed by atoms with Gasteiger partial charge in [0.2, 0.25) is 5.91 Å². The van der Waals surface area contributed by atoms with Crippen molar-refractivity contribution in [2.24, 2.45) is 5.92 Å². The fraction of sp³-hybridized carbons (Fsp3) is 0.773. The van der Waals surface area contributed by atoms with E-state index in [-0.39, 0.29) is 29.4 Å². The Labute approximate surface area is 178 Å². The number of aromatic nitrogens is 1. The molecule has 29 heavy (non-hydrogen) atoms. The normalized spacial score (nSPS) is 20.3. The Morgan fingerprint density at radius 2 is 1.79 bits per heavy atom. The fourth-order valence-electron chi connectivity index (χ4n) is 4.17. The molecule has 3 rings (SSSR count). The van der Waals surface area contributed by atoms with E-state index in [9.17, 15) is 9.59 Å². The summed E-state index contributed by atoms with van der Waals surface area (Å²) in [5.41, 5.74) is 1.07. The average Bonchev–Trinajstić information content (AvgIpc) is 3.19. The van der Waals surface area contributed by atoms with Crippen LogP contribution in [0.4, 0.5) is 4.79 Å². The van der Waals surface area contributed by atoms with E-state index in [1.54, 1.807) is 11.3 Å². The number of carbonyl (C=O) groups is 2. The maximum Gasteiger partial charge on any atom is 0.315 e. The van der Waals surface area contributed by atoms with Crippen LogP contribution in [-0.4, -0.2) is 41.0 Å². The summed E-state index contributed by atoms with van der Waals surface area (Å²) in [5, 5.41) is 9.10. The van der Waals surface area contributed by atoms with Crippen LogP contribution in [0.25, 0.3) is 0 Å². The monoisotopic (exact) mass is 420 g/mol. The molecule has 1 aliphatic carbocycles. The Kier molecular flexibility index (Phi) is 7.19. The third-order valence-corrected chi connectivity index (χ3v) is 7.13. The molecule has 0 bridgehead atoms. The van der Waals surface area contributed by atoms with Gasteiger partial charge in [-0.05, 0) is 32.6 Å². The molecule has 1 aromatic heterocycles. The van der Waals surface area contributed by atoms with Crippen LogP contribution in [0.3, 0.4) is 0 Å². The molecule has 0 aromatic carbocycles. The Morgan fingerprint density at radius 1 is 1.14 bits per heavy atom. The first-order chi connectivity index (χ1) is 13.7. The van der Waals surface area contributed by atoms with Crippen LogP contribution in [-0.2, 0) is 10.2 Å². The Balaban J connectivity index is 1.42. The molecule has 6 nitrogen and oxygen atoms in total. The maximum atomic E-state index is 12.7. The van der Waals surface area contributed by atoms with E-state index >= 15 is 0 Å². The lowest BCUT2D eigenvalue weighted by atomic mass is 9.87. The second kappa shape index (κ2) is 9.45. The van der Waals surface area contributed by atoms with Crippen molar-refractivity contribution in [2.75, 3.05) is 13.1 Å². The molecule has 1 unspecified atom stereocenters. The first-order valence-corrected chi connectivity index (χ1v) is 11.9. The number of hydrogen-bond donors (Lipinski definition) is 2. The minimum absolute atomic E-state index is 0.0137. The molecule has 1 saturated heterocycles. The Hall–Kier alpha value is -1.63.